The summed E-state index contributed by atoms with van der Waals surface area (Å²) in [6.45, 7) is 2.19. The van der Waals surface area contributed by atoms with Crippen LogP contribution in [0.5, 0.6) is 0 Å². The van der Waals surface area contributed by atoms with Gasteiger partial charge >= 0.3 is 0 Å². The molecule has 1 aliphatic rings. The molecular formula is C16H18FN3O3. The average molecular weight is 319 g/mol. The number of aliphatic hydroxyl groups excluding tert-OH is 1. The number of hydrogen-bond donors (Lipinski definition) is 2. The first-order chi connectivity index (χ1) is 11.0. The Morgan fingerprint density at radius 2 is 2.35 bits per heavy atom. The Hall–Kier alpha value is -2.25. The molecule has 1 aliphatic heterocycles. The Balaban J connectivity index is 1.68. The van der Waals surface area contributed by atoms with Crippen LogP contribution in [0.1, 0.15) is 23.8 Å². The number of nitrogens with one attached hydrogen (secondary N) is 1. The molecule has 1 amide bonds. The van der Waals surface area contributed by atoms with Gasteiger partial charge in [0.2, 0.25) is 5.91 Å². The summed E-state index contributed by atoms with van der Waals surface area (Å²) < 4.78 is 18.3. The molecule has 2 atom stereocenters. The molecule has 122 valence electrons. The molecule has 3 rings (SSSR count). The van der Waals surface area contributed by atoms with Crippen LogP contribution < -0.4 is 5.32 Å². The van der Waals surface area contributed by atoms with E-state index in [1.54, 1.807) is 25.1 Å². The van der Waals surface area contributed by atoms with E-state index in [2.05, 4.69) is 10.5 Å². The number of hydrogen-bond acceptors (Lipinski definition) is 5. The van der Waals surface area contributed by atoms with Crippen LogP contribution in [0.3, 0.4) is 0 Å². The van der Waals surface area contributed by atoms with Crippen LogP contribution in [-0.2, 0) is 4.79 Å². The summed E-state index contributed by atoms with van der Waals surface area (Å²) in [6, 6.07) is 7.68. The maximum absolute atomic E-state index is 13.4. The van der Waals surface area contributed by atoms with Gasteiger partial charge in [0.05, 0.1) is 12.6 Å². The molecule has 0 saturated carbocycles. The summed E-state index contributed by atoms with van der Waals surface area (Å²) in [7, 11) is 0. The van der Waals surface area contributed by atoms with Crippen LogP contribution in [0.2, 0.25) is 0 Å². The smallest absolute Gasteiger partial charge is 0.239 e. The SMILES string of the molecule is Cc1cc(NC(=O)CN2C[C@@H](O)C[C@H]2c2cccc(F)c2)no1. The fraction of sp³-hybridized carbons (Fsp3) is 0.375. The molecule has 7 heteroatoms. The van der Waals surface area contributed by atoms with Crippen molar-refractivity contribution in [3.05, 3.63) is 47.5 Å². The van der Waals surface area contributed by atoms with Crippen molar-refractivity contribution in [2.24, 2.45) is 0 Å². The van der Waals surface area contributed by atoms with Crippen LogP contribution in [0.15, 0.2) is 34.9 Å². The van der Waals surface area contributed by atoms with Crippen molar-refractivity contribution < 1.29 is 18.8 Å². The highest BCUT2D eigenvalue weighted by atomic mass is 19.1. The second kappa shape index (κ2) is 6.47. The summed E-state index contributed by atoms with van der Waals surface area (Å²) in [5, 5.41) is 16.3. The second-order valence-corrected chi connectivity index (χ2v) is 5.76. The van der Waals surface area contributed by atoms with Crippen molar-refractivity contribution in [3.8, 4) is 0 Å². The number of amides is 1. The summed E-state index contributed by atoms with van der Waals surface area (Å²) in [4.78, 5) is 14.0. The maximum Gasteiger partial charge on any atom is 0.239 e. The first-order valence-electron chi connectivity index (χ1n) is 7.42. The van der Waals surface area contributed by atoms with E-state index in [4.69, 9.17) is 4.52 Å². The van der Waals surface area contributed by atoms with E-state index >= 15 is 0 Å². The van der Waals surface area contributed by atoms with Crippen molar-refractivity contribution in [1.82, 2.24) is 10.1 Å². The van der Waals surface area contributed by atoms with E-state index in [-0.39, 0.29) is 24.3 Å². The summed E-state index contributed by atoms with van der Waals surface area (Å²) in [5.74, 6) is 0.379. The highest BCUT2D eigenvalue weighted by Gasteiger charge is 2.33. The lowest BCUT2D eigenvalue weighted by molar-refractivity contribution is -0.117. The molecule has 2 N–H and O–H groups in total. The van der Waals surface area contributed by atoms with Gasteiger partial charge in [-0.15, -0.1) is 0 Å². The number of carbonyl (C=O) groups is 1. The third kappa shape index (κ3) is 3.75. The molecule has 2 heterocycles. The van der Waals surface area contributed by atoms with E-state index in [0.29, 0.717) is 24.5 Å². The normalized spacial score (nSPS) is 21.5. The number of likely N-dealkylation sites (tertiary alicyclic amines) is 1. The molecule has 1 saturated heterocycles. The van der Waals surface area contributed by atoms with Crippen LogP contribution in [-0.4, -0.2) is 40.3 Å². The van der Waals surface area contributed by atoms with Gasteiger partial charge in [0.25, 0.3) is 0 Å². The molecule has 0 bridgehead atoms. The predicted octanol–water partition coefficient (Wildman–Crippen LogP) is 1.87. The first kappa shape index (κ1) is 15.6. The third-order valence-corrected chi connectivity index (χ3v) is 3.86. The number of nitrogens with zero attached hydrogens (tertiary/aromatic N) is 2. The van der Waals surface area contributed by atoms with Gasteiger partial charge < -0.3 is 14.9 Å². The van der Waals surface area contributed by atoms with Crippen molar-refractivity contribution in [2.45, 2.75) is 25.5 Å². The third-order valence-electron chi connectivity index (χ3n) is 3.86. The number of anilines is 1. The number of β-amino-alcohol motifs (C(OH)–C–C–N with tert-alkyl or cyclic N) is 1. The molecule has 1 aromatic heterocycles. The zero-order valence-corrected chi connectivity index (χ0v) is 12.7. The van der Waals surface area contributed by atoms with Gasteiger partial charge in [-0.3, -0.25) is 9.69 Å². The summed E-state index contributed by atoms with van der Waals surface area (Å²) >= 11 is 0. The van der Waals surface area contributed by atoms with Gasteiger partial charge in [0.15, 0.2) is 5.82 Å². The van der Waals surface area contributed by atoms with Crippen molar-refractivity contribution in [3.63, 3.8) is 0 Å². The lowest BCUT2D eigenvalue weighted by Crippen LogP contribution is -2.33. The molecule has 0 unspecified atom stereocenters. The lowest BCUT2D eigenvalue weighted by Gasteiger charge is -2.23. The Morgan fingerprint density at radius 1 is 1.52 bits per heavy atom. The minimum absolute atomic E-state index is 0.0874. The lowest BCUT2D eigenvalue weighted by atomic mass is 10.0. The fourth-order valence-corrected chi connectivity index (χ4v) is 2.91. The van der Waals surface area contributed by atoms with Gasteiger partial charge in [-0.25, -0.2) is 4.39 Å². The minimum atomic E-state index is -0.537. The van der Waals surface area contributed by atoms with E-state index < -0.39 is 6.10 Å². The maximum atomic E-state index is 13.4. The van der Waals surface area contributed by atoms with Crippen LogP contribution in [0.25, 0.3) is 0 Å². The van der Waals surface area contributed by atoms with E-state index in [1.165, 1.54) is 12.1 Å². The van der Waals surface area contributed by atoms with E-state index in [0.717, 1.165) is 5.56 Å². The van der Waals surface area contributed by atoms with Crippen molar-refractivity contribution >= 4 is 11.7 Å². The average Bonchev–Trinajstić information content (AvgIpc) is 3.05. The number of halogens is 1. The zero-order chi connectivity index (χ0) is 16.4. The Morgan fingerprint density at radius 3 is 3.04 bits per heavy atom. The molecule has 6 nitrogen and oxygen atoms in total. The summed E-state index contributed by atoms with van der Waals surface area (Å²) in [6.07, 6.45) is -0.0647. The highest BCUT2D eigenvalue weighted by Crippen LogP contribution is 2.32. The zero-order valence-electron chi connectivity index (χ0n) is 12.7. The number of rotatable bonds is 4. The van der Waals surface area contributed by atoms with Gasteiger partial charge in [-0.1, -0.05) is 17.3 Å². The summed E-state index contributed by atoms with van der Waals surface area (Å²) in [5.41, 5.74) is 0.756. The first-order valence-corrected chi connectivity index (χ1v) is 7.42. The number of carbonyl (C=O) groups excluding carboxylic acids is 1. The fourth-order valence-electron chi connectivity index (χ4n) is 2.91. The predicted molar refractivity (Wildman–Crippen MR) is 81.2 cm³/mol. The molecule has 1 aromatic carbocycles. The molecule has 0 aliphatic carbocycles. The Kier molecular flexibility index (Phi) is 4.40. The van der Waals surface area contributed by atoms with Crippen LogP contribution in [0.4, 0.5) is 10.2 Å². The van der Waals surface area contributed by atoms with Crippen LogP contribution in [0, 0.1) is 12.7 Å². The molecule has 0 radical (unpaired) electrons. The van der Waals surface area contributed by atoms with Gasteiger partial charge in [0.1, 0.15) is 11.6 Å². The topological polar surface area (TPSA) is 78.6 Å². The van der Waals surface area contributed by atoms with E-state index in [1.807, 2.05) is 4.90 Å². The largest absolute Gasteiger partial charge is 0.392 e. The molecule has 2 aromatic rings. The molecule has 0 spiro atoms. The highest BCUT2D eigenvalue weighted by molar-refractivity contribution is 5.91. The van der Waals surface area contributed by atoms with Crippen molar-refractivity contribution in [2.75, 3.05) is 18.4 Å². The van der Waals surface area contributed by atoms with Crippen molar-refractivity contribution in [1.29, 1.82) is 0 Å². The quantitative estimate of drug-likeness (QED) is 0.899. The van der Waals surface area contributed by atoms with Gasteiger partial charge in [0, 0.05) is 18.7 Å². The van der Waals surface area contributed by atoms with E-state index in [9.17, 15) is 14.3 Å². The number of aryl methyl sites for hydroxylation is 1. The Labute approximate surface area is 132 Å². The van der Waals surface area contributed by atoms with Gasteiger partial charge in [-0.2, -0.15) is 0 Å². The molecular weight excluding hydrogens is 301 g/mol. The van der Waals surface area contributed by atoms with Gasteiger partial charge in [-0.05, 0) is 31.0 Å². The Bertz CT molecular complexity index is 703. The number of benzene rings is 1. The second-order valence-electron chi connectivity index (χ2n) is 5.76. The standard InChI is InChI=1S/C16H18FN3O3/c1-10-5-15(19-23-10)18-16(22)9-20-8-13(21)7-14(20)11-3-2-4-12(17)6-11/h2-6,13-14,21H,7-9H2,1H3,(H,18,19,22)/t13-,14-/m0/s1. The molecule has 1 fully saturated rings. The van der Waals surface area contributed by atoms with Crippen LogP contribution >= 0.6 is 0 Å². The molecule has 23 heavy (non-hydrogen) atoms. The minimum Gasteiger partial charge on any atom is -0.392 e. The number of aromatic nitrogens is 1. The monoisotopic (exact) mass is 319 g/mol. The number of aliphatic hydroxyl groups is 1.